The van der Waals surface area contributed by atoms with Crippen LogP contribution in [0.15, 0.2) is 0 Å². The van der Waals surface area contributed by atoms with Gasteiger partial charge >= 0.3 is 0 Å². The molecule has 0 aromatic carbocycles. The van der Waals surface area contributed by atoms with E-state index >= 15 is 0 Å². The summed E-state index contributed by atoms with van der Waals surface area (Å²) in [6.45, 7) is 0.153. The van der Waals surface area contributed by atoms with Crippen molar-refractivity contribution in [1.29, 1.82) is 5.26 Å². The number of carbonyl (C=O) groups is 1. The third-order valence-corrected chi connectivity index (χ3v) is 4.85. The molecule has 4 aliphatic carbocycles. The van der Waals surface area contributed by atoms with Crippen molar-refractivity contribution in [3.63, 3.8) is 0 Å². The lowest BCUT2D eigenvalue weighted by atomic mass is 9.55. The lowest BCUT2D eigenvalue weighted by Crippen LogP contribution is -2.49. The second-order valence-corrected chi connectivity index (χ2v) is 6.08. The van der Waals surface area contributed by atoms with Crippen LogP contribution < -0.4 is 0 Å². The molecule has 4 saturated carbocycles. The van der Waals surface area contributed by atoms with Gasteiger partial charge in [-0.1, -0.05) is 0 Å². The Kier molecular flexibility index (Phi) is 2.92. The molecule has 92 valence electrons. The molecule has 4 bridgehead atoms. The van der Waals surface area contributed by atoms with E-state index < -0.39 is 0 Å². The van der Waals surface area contributed by atoms with Crippen molar-refractivity contribution in [2.75, 3.05) is 6.61 Å². The molecule has 0 N–H and O–H groups in total. The minimum atomic E-state index is -0.0682. The molecule has 0 amide bonds. The van der Waals surface area contributed by atoms with Crippen molar-refractivity contribution in [1.82, 2.24) is 0 Å². The maximum atomic E-state index is 11.3. The zero-order valence-electron chi connectivity index (χ0n) is 10.1. The van der Waals surface area contributed by atoms with Crippen LogP contribution in [0.2, 0.25) is 0 Å². The predicted octanol–water partition coefficient (Wildman–Crippen LogP) is 2.31. The molecular formula is C14H19NO2. The van der Waals surface area contributed by atoms with Gasteiger partial charge in [-0.3, -0.25) is 4.79 Å². The first-order valence-electron chi connectivity index (χ1n) is 6.76. The van der Waals surface area contributed by atoms with Gasteiger partial charge < -0.3 is 4.74 Å². The zero-order chi connectivity index (χ0) is 11.8. The molecule has 0 atom stereocenters. The number of carbonyl (C=O) groups excluding carboxylic acids is 1. The Labute approximate surface area is 102 Å². The molecule has 0 aromatic heterocycles. The fourth-order valence-electron chi connectivity index (χ4n) is 4.48. The molecule has 0 spiro atoms. The number of ketones is 1. The highest BCUT2D eigenvalue weighted by Crippen LogP contribution is 2.54. The van der Waals surface area contributed by atoms with E-state index in [1.54, 1.807) is 0 Å². The van der Waals surface area contributed by atoms with E-state index in [-0.39, 0.29) is 18.8 Å². The molecule has 4 fully saturated rings. The van der Waals surface area contributed by atoms with Gasteiger partial charge in [0, 0.05) is 0 Å². The molecule has 17 heavy (non-hydrogen) atoms. The second-order valence-electron chi connectivity index (χ2n) is 6.08. The molecule has 3 nitrogen and oxygen atoms in total. The van der Waals surface area contributed by atoms with Crippen LogP contribution in [0.25, 0.3) is 0 Å². The normalized spacial score (nSPS) is 42.4. The van der Waals surface area contributed by atoms with Crippen LogP contribution in [0.3, 0.4) is 0 Å². The van der Waals surface area contributed by atoms with E-state index in [1.807, 2.05) is 6.07 Å². The minimum absolute atomic E-state index is 0.00664. The highest BCUT2D eigenvalue weighted by molar-refractivity contribution is 5.81. The maximum absolute atomic E-state index is 11.3. The van der Waals surface area contributed by atoms with Gasteiger partial charge in [-0.25, -0.2) is 0 Å². The van der Waals surface area contributed by atoms with Crippen molar-refractivity contribution in [2.24, 2.45) is 23.7 Å². The SMILES string of the molecule is N#CCC(=O)COC1C2CC3CC(C2)CC1C3. The summed E-state index contributed by atoms with van der Waals surface area (Å²) in [7, 11) is 0. The number of rotatable bonds is 4. The topological polar surface area (TPSA) is 50.1 Å². The molecule has 3 heteroatoms. The van der Waals surface area contributed by atoms with Crippen LogP contribution in [0.4, 0.5) is 0 Å². The summed E-state index contributed by atoms with van der Waals surface area (Å²) in [4.78, 5) is 11.3. The Balaban J connectivity index is 1.57. The van der Waals surface area contributed by atoms with Gasteiger partial charge in [-0.15, -0.1) is 0 Å². The zero-order valence-corrected chi connectivity index (χ0v) is 10.1. The van der Waals surface area contributed by atoms with Gasteiger partial charge in [0.2, 0.25) is 0 Å². The number of nitrogens with zero attached hydrogens (tertiary/aromatic N) is 1. The Morgan fingerprint density at radius 3 is 2.24 bits per heavy atom. The van der Waals surface area contributed by atoms with Gasteiger partial charge in [-0.05, 0) is 55.8 Å². The summed E-state index contributed by atoms with van der Waals surface area (Å²) in [6.07, 6.45) is 6.98. The van der Waals surface area contributed by atoms with Gasteiger partial charge in [0.05, 0.1) is 18.6 Å². The highest BCUT2D eigenvalue weighted by atomic mass is 16.5. The standard InChI is InChI=1S/C14H19NO2/c15-2-1-13(16)8-17-14-11-4-9-3-10(6-11)7-12(14)5-9/h9-12,14H,1,3-8H2. The maximum Gasteiger partial charge on any atom is 0.172 e. The lowest BCUT2D eigenvalue weighted by molar-refractivity contribution is -0.144. The van der Waals surface area contributed by atoms with E-state index in [1.165, 1.54) is 32.1 Å². The molecule has 0 saturated heterocycles. The molecule has 0 heterocycles. The summed E-state index contributed by atoms with van der Waals surface area (Å²) in [5, 5.41) is 8.45. The third-order valence-electron chi connectivity index (χ3n) is 4.85. The van der Waals surface area contributed by atoms with Crippen molar-refractivity contribution in [3.05, 3.63) is 0 Å². The van der Waals surface area contributed by atoms with Crippen molar-refractivity contribution >= 4 is 5.78 Å². The first-order chi connectivity index (χ1) is 8.26. The number of nitriles is 1. The smallest absolute Gasteiger partial charge is 0.172 e. The number of Topliss-reactive ketones (excluding diaryl/α,β-unsaturated/α-hetero) is 1. The van der Waals surface area contributed by atoms with E-state index in [9.17, 15) is 4.79 Å². The van der Waals surface area contributed by atoms with Crippen molar-refractivity contribution < 1.29 is 9.53 Å². The first kappa shape index (κ1) is 11.2. The average Bonchev–Trinajstić information content (AvgIpc) is 2.27. The lowest BCUT2D eigenvalue weighted by Gasteiger charge is -2.53. The summed E-state index contributed by atoms with van der Waals surface area (Å²) in [5.74, 6) is 3.20. The van der Waals surface area contributed by atoms with E-state index in [4.69, 9.17) is 10.00 Å². The third kappa shape index (κ3) is 2.11. The quantitative estimate of drug-likeness (QED) is 0.748. The molecule has 0 radical (unpaired) electrons. The van der Waals surface area contributed by atoms with Crippen LogP contribution in [-0.2, 0) is 9.53 Å². The Bertz CT molecular complexity index is 330. The van der Waals surface area contributed by atoms with Crippen LogP contribution in [0, 0.1) is 35.0 Å². The predicted molar refractivity (Wildman–Crippen MR) is 62.0 cm³/mol. The Morgan fingerprint density at radius 2 is 1.71 bits per heavy atom. The van der Waals surface area contributed by atoms with Crippen LogP contribution >= 0.6 is 0 Å². The van der Waals surface area contributed by atoms with Crippen LogP contribution in [0.1, 0.15) is 38.5 Å². The van der Waals surface area contributed by atoms with Gasteiger partial charge in [0.15, 0.2) is 5.78 Å². The summed E-state index contributed by atoms with van der Waals surface area (Å²) >= 11 is 0. The monoisotopic (exact) mass is 233 g/mol. The molecular weight excluding hydrogens is 214 g/mol. The Hall–Kier alpha value is -0.880. The molecule has 0 aliphatic heterocycles. The van der Waals surface area contributed by atoms with E-state index in [0.717, 1.165) is 11.8 Å². The van der Waals surface area contributed by atoms with Crippen LogP contribution in [-0.4, -0.2) is 18.5 Å². The van der Waals surface area contributed by atoms with Gasteiger partial charge in [0.25, 0.3) is 0 Å². The van der Waals surface area contributed by atoms with E-state index in [0.29, 0.717) is 17.9 Å². The van der Waals surface area contributed by atoms with Gasteiger partial charge in [-0.2, -0.15) is 5.26 Å². The molecule has 4 aliphatic rings. The molecule has 0 unspecified atom stereocenters. The number of hydrogen-bond donors (Lipinski definition) is 0. The van der Waals surface area contributed by atoms with Crippen molar-refractivity contribution in [2.45, 2.75) is 44.6 Å². The molecule has 4 rings (SSSR count). The highest BCUT2D eigenvalue weighted by Gasteiger charge is 2.48. The number of ether oxygens (including phenoxy) is 1. The largest absolute Gasteiger partial charge is 0.370 e. The van der Waals surface area contributed by atoms with E-state index in [2.05, 4.69) is 0 Å². The first-order valence-corrected chi connectivity index (χ1v) is 6.76. The second kappa shape index (κ2) is 4.42. The fourth-order valence-corrected chi connectivity index (χ4v) is 4.48. The number of hydrogen-bond acceptors (Lipinski definition) is 3. The van der Waals surface area contributed by atoms with Gasteiger partial charge in [0.1, 0.15) is 6.61 Å². The minimum Gasteiger partial charge on any atom is -0.370 e. The van der Waals surface area contributed by atoms with Crippen molar-refractivity contribution in [3.8, 4) is 6.07 Å². The summed E-state index contributed by atoms with van der Waals surface area (Å²) < 4.78 is 5.83. The molecule has 0 aromatic rings. The summed E-state index contributed by atoms with van der Waals surface area (Å²) in [5.41, 5.74) is 0. The fraction of sp³-hybridized carbons (Fsp3) is 0.857. The van der Waals surface area contributed by atoms with Crippen LogP contribution in [0.5, 0.6) is 0 Å². The average molecular weight is 233 g/mol. The summed E-state index contributed by atoms with van der Waals surface area (Å²) in [6, 6.07) is 1.89. The Morgan fingerprint density at radius 1 is 1.12 bits per heavy atom.